The second kappa shape index (κ2) is 9.31. The minimum atomic E-state index is -0.309. The molecule has 2 amide bonds. The Morgan fingerprint density at radius 1 is 1.12 bits per heavy atom. The molecule has 0 aliphatic rings. The SMILES string of the molecule is COc1ccc(NC(=O)NC[C@@H](c2ccccc2Cl)N(C)C)cc1OC. The van der Waals surface area contributed by atoms with Gasteiger partial charge in [0.2, 0.25) is 0 Å². The van der Waals surface area contributed by atoms with Crippen LogP contribution in [-0.4, -0.2) is 45.8 Å². The number of hydrogen-bond donors (Lipinski definition) is 2. The Morgan fingerprint density at radius 3 is 2.42 bits per heavy atom. The predicted octanol–water partition coefficient (Wildman–Crippen LogP) is 3.78. The van der Waals surface area contributed by atoms with Crippen LogP contribution in [0.3, 0.4) is 0 Å². The normalized spacial score (nSPS) is 11.8. The van der Waals surface area contributed by atoms with Gasteiger partial charge < -0.3 is 25.0 Å². The molecule has 0 radical (unpaired) electrons. The minimum Gasteiger partial charge on any atom is -0.493 e. The number of anilines is 1. The third kappa shape index (κ3) is 5.03. The highest BCUT2D eigenvalue weighted by Gasteiger charge is 2.18. The second-order valence-electron chi connectivity index (χ2n) is 5.91. The summed E-state index contributed by atoms with van der Waals surface area (Å²) in [5, 5.41) is 6.35. The fraction of sp³-hybridized carbons (Fsp3) is 0.316. The summed E-state index contributed by atoms with van der Waals surface area (Å²) < 4.78 is 10.4. The first-order chi connectivity index (χ1) is 12.5. The van der Waals surface area contributed by atoms with Crippen LogP contribution in [-0.2, 0) is 0 Å². The molecule has 2 rings (SSSR count). The van der Waals surface area contributed by atoms with Gasteiger partial charge in [0.05, 0.1) is 20.3 Å². The van der Waals surface area contributed by atoms with Gasteiger partial charge in [0.15, 0.2) is 11.5 Å². The summed E-state index contributed by atoms with van der Waals surface area (Å²) >= 11 is 6.29. The molecule has 0 heterocycles. The maximum absolute atomic E-state index is 12.3. The van der Waals surface area contributed by atoms with Gasteiger partial charge in [-0.1, -0.05) is 29.8 Å². The number of nitrogens with zero attached hydrogens (tertiary/aromatic N) is 1. The Hall–Kier alpha value is -2.44. The summed E-state index contributed by atoms with van der Waals surface area (Å²) in [4.78, 5) is 14.3. The number of hydrogen-bond acceptors (Lipinski definition) is 4. The van der Waals surface area contributed by atoms with Crippen LogP contribution >= 0.6 is 11.6 Å². The fourth-order valence-electron chi connectivity index (χ4n) is 2.59. The zero-order valence-corrected chi connectivity index (χ0v) is 16.1. The predicted molar refractivity (Wildman–Crippen MR) is 104 cm³/mol. The number of halogens is 1. The standard InChI is InChI=1S/C19H24ClN3O3/c1-23(2)16(14-7-5-6-8-15(14)20)12-21-19(24)22-13-9-10-17(25-3)18(11-13)26-4/h5-11,16H,12H2,1-4H3,(H2,21,22,24)/t16-/m0/s1. The second-order valence-corrected chi connectivity index (χ2v) is 6.31. The van der Waals surface area contributed by atoms with Crippen molar-refractivity contribution in [2.75, 3.05) is 40.2 Å². The van der Waals surface area contributed by atoms with Gasteiger partial charge in [-0.3, -0.25) is 0 Å². The molecule has 6 nitrogen and oxygen atoms in total. The molecule has 2 N–H and O–H groups in total. The van der Waals surface area contributed by atoms with Gasteiger partial charge in [-0.15, -0.1) is 0 Å². The van der Waals surface area contributed by atoms with Crippen molar-refractivity contribution in [2.24, 2.45) is 0 Å². The highest BCUT2D eigenvalue weighted by molar-refractivity contribution is 6.31. The molecule has 2 aromatic rings. The fourth-order valence-corrected chi connectivity index (χ4v) is 2.86. The number of carbonyl (C=O) groups excluding carboxylic acids is 1. The van der Waals surface area contributed by atoms with Crippen LogP contribution in [0.15, 0.2) is 42.5 Å². The van der Waals surface area contributed by atoms with Crippen LogP contribution < -0.4 is 20.1 Å². The first-order valence-electron chi connectivity index (χ1n) is 8.14. The van der Waals surface area contributed by atoms with Crippen molar-refractivity contribution in [1.82, 2.24) is 10.2 Å². The number of methoxy groups -OCH3 is 2. The molecular weight excluding hydrogens is 354 g/mol. The van der Waals surface area contributed by atoms with E-state index in [1.165, 1.54) is 0 Å². The Morgan fingerprint density at radius 2 is 1.81 bits per heavy atom. The number of urea groups is 1. The van der Waals surface area contributed by atoms with Gasteiger partial charge in [0.1, 0.15) is 0 Å². The highest BCUT2D eigenvalue weighted by atomic mass is 35.5. The van der Waals surface area contributed by atoms with Crippen LogP contribution in [0.2, 0.25) is 5.02 Å². The molecule has 0 unspecified atom stereocenters. The molecule has 0 aromatic heterocycles. The van der Waals surface area contributed by atoms with E-state index in [4.69, 9.17) is 21.1 Å². The number of likely N-dealkylation sites (N-methyl/N-ethyl adjacent to an activating group) is 1. The summed E-state index contributed by atoms with van der Waals surface area (Å²) in [5.41, 5.74) is 1.57. The Kier molecular flexibility index (Phi) is 7.12. The summed E-state index contributed by atoms with van der Waals surface area (Å²) in [6.07, 6.45) is 0. The molecule has 0 saturated heterocycles. The van der Waals surface area contributed by atoms with Gasteiger partial charge in [-0.25, -0.2) is 4.79 Å². The number of amides is 2. The van der Waals surface area contributed by atoms with Crippen LogP contribution in [0.5, 0.6) is 11.5 Å². The van der Waals surface area contributed by atoms with Crippen molar-refractivity contribution in [3.05, 3.63) is 53.1 Å². The summed E-state index contributed by atoms with van der Waals surface area (Å²) in [6.45, 7) is 0.413. The van der Waals surface area contributed by atoms with E-state index in [0.29, 0.717) is 28.8 Å². The molecule has 0 bridgehead atoms. The topological polar surface area (TPSA) is 62.8 Å². The zero-order chi connectivity index (χ0) is 19.1. The molecule has 0 fully saturated rings. The van der Waals surface area contributed by atoms with Gasteiger partial charge in [-0.05, 0) is 37.9 Å². The molecule has 0 saturated carbocycles. The Labute approximate surface area is 159 Å². The van der Waals surface area contributed by atoms with Crippen molar-refractivity contribution >= 4 is 23.3 Å². The minimum absolute atomic E-state index is 0.0418. The van der Waals surface area contributed by atoms with E-state index in [0.717, 1.165) is 5.56 Å². The summed E-state index contributed by atoms with van der Waals surface area (Å²) in [5.74, 6) is 1.15. The lowest BCUT2D eigenvalue weighted by Crippen LogP contribution is -2.37. The molecule has 0 aliphatic heterocycles. The van der Waals surface area contributed by atoms with E-state index >= 15 is 0 Å². The van der Waals surface area contributed by atoms with Crippen LogP contribution in [0, 0.1) is 0 Å². The highest BCUT2D eigenvalue weighted by Crippen LogP contribution is 2.30. The summed E-state index contributed by atoms with van der Waals surface area (Å²) in [7, 11) is 7.00. The lowest BCUT2D eigenvalue weighted by Gasteiger charge is -2.26. The maximum Gasteiger partial charge on any atom is 0.319 e. The average molecular weight is 378 g/mol. The van der Waals surface area contributed by atoms with E-state index < -0.39 is 0 Å². The lowest BCUT2D eigenvalue weighted by atomic mass is 10.1. The quantitative estimate of drug-likeness (QED) is 0.770. The average Bonchev–Trinajstić information content (AvgIpc) is 2.62. The monoisotopic (exact) mass is 377 g/mol. The number of carbonyl (C=O) groups is 1. The van der Waals surface area contributed by atoms with Gasteiger partial charge in [-0.2, -0.15) is 0 Å². The molecule has 0 aliphatic carbocycles. The van der Waals surface area contributed by atoms with Crippen molar-refractivity contribution in [3.8, 4) is 11.5 Å². The van der Waals surface area contributed by atoms with Crippen molar-refractivity contribution in [1.29, 1.82) is 0 Å². The van der Waals surface area contributed by atoms with E-state index in [1.54, 1.807) is 32.4 Å². The Bertz CT molecular complexity index is 753. The smallest absolute Gasteiger partial charge is 0.319 e. The first-order valence-corrected chi connectivity index (χ1v) is 8.51. The number of nitrogens with one attached hydrogen (secondary N) is 2. The third-order valence-corrected chi connectivity index (χ3v) is 4.33. The third-order valence-electron chi connectivity index (χ3n) is 3.98. The van der Waals surface area contributed by atoms with Crippen molar-refractivity contribution in [3.63, 3.8) is 0 Å². The molecule has 7 heteroatoms. The number of ether oxygens (including phenoxy) is 2. The molecular formula is C19H24ClN3O3. The molecule has 1 atom stereocenters. The summed E-state index contributed by atoms with van der Waals surface area (Å²) in [6, 6.07) is 12.5. The van der Waals surface area contributed by atoms with Gasteiger partial charge in [0.25, 0.3) is 0 Å². The molecule has 0 spiro atoms. The number of rotatable bonds is 7. The van der Waals surface area contributed by atoms with Crippen LogP contribution in [0.1, 0.15) is 11.6 Å². The van der Waals surface area contributed by atoms with Crippen molar-refractivity contribution in [2.45, 2.75) is 6.04 Å². The van der Waals surface area contributed by atoms with Gasteiger partial charge >= 0.3 is 6.03 Å². The molecule has 140 valence electrons. The Balaban J connectivity index is 2.02. The van der Waals surface area contributed by atoms with Crippen molar-refractivity contribution < 1.29 is 14.3 Å². The van der Waals surface area contributed by atoms with E-state index in [-0.39, 0.29) is 12.1 Å². The maximum atomic E-state index is 12.3. The zero-order valence-electron chi connectivity index (χ0n) is 15.4. The molecule has 26 heavy (non-hydrogen) atoms. The number of benzene rings is 2. The largest absolute Gasteiger partial charge is 0.493 e. The van der Waals surface area contributed by atoms with Crippen LogP contribution in [0.4, 0.5) is 10.5 Å². The van der Waals surface area contributed by atoms with Crippen LogP contribution in [0.25, 0.3) is 0 Å². The first kappa shape index (κ1) is 19.9. The van der Waals surface area contributed by atoms with Gasteiger partial charge in [0, 0.05) is 23.3 Å². The van der Waals surface area contributed by atoms with E-state index in [9.17, 15) is 4.79 Å². The lowest BCUT2D eigenvalue weighted by molar-refractivity contribution is 0.243. The van der Waals surface area contributed by atoms with E-state index in [2.05, 4.69) is 10.6 Å². The van der Waals surface area contributed by atoms with E-state index in [1.807, 2.05) is 43.3 Å². The molecule has 2 aromatic carbocycles.